The first kappa shape index (κ1) is 20.2. The zero-order chi connectivity index (χ0) is 17.8. The van der Waals surface area contributed by atoms with Crippen molar-refractivity contribution in [3.8, 4) is 0 Å². The van der Waals surface area contributed by atoms with E-state index in [9.17, 15) is 9.59 Å². The highest BCUT2D eigenvalue weighted by molar-refractivity contribution is 5.94. The maximum absolute atomic E-state index is 12.1. The van der Waals surface area contributed by atoms with Gasteiger partial charge in [0.1, 0.15) is 0 Å². The molecular formula is C20H32N2O2. The molecule has 0 saturated heterocycles. The van der Waals surface area contributed by atoms with E-state index in [1.165, 1.54) is 5.56 Å². The van der Waals surface area contributed by atoms with Gasteiger partial charge >= 0.3 is 0 Å². The van der Waals surface area contributed by atoms with E-state index < -0.39 is 0 Å². The molecule has 0 radical (unpaired) electrons. The molecule has 0 unspecified atom stereocenters. The smallest absolute Gasteiger partial charge is 0.251 e. The number of nitrogens with one attached hydrogen (secondary N) is 2. The molecule has 0 saturated carbocycles. The van der Waals surface area contributed by atoms with Crippen molar-refractivity contribution in [2.75, 3.05) is 13.1 Å². The number of unbranched alkanes of at least 4 members (excludes halogenated alkanes) is 3. The quantitative estimate of drug-likeness (QED) is 0.607. The third-order valence-electron chi connectivity index (χ3n) is 3.89. The van der Waals surface area contributed by atoms with E-state index in [-0.39, 0.29) is 11.8 Å². The topological polar surface area (TPSA) is 58.2 Å². The van der Waals surface area contributed by atoms with Crippen LogP contribution in [0, 0.1) is 5.92 Å². The fraction of sp³-hybridized carbons (Fsp3) is 0.600. The summed E-state index contributed by atoms with van der Waals surface area (Å²) in [6.07, 6.45) is 5.69. The van der Waals surface area contributed by atoms with Gasteiger partial charge in [0.2, 0.25) is 5.91 Å². The van der Waals surface area contributed by atoms with Crippen LogP contribution in [0.3, 0.4) is 0 Å². The molecular weight excluding hydrogens is 300 g/mol. The lowest BCUT2D eigenvalue weighted by Gasteiger charge is -2.08. The van der Waals surface area contributed by atoms with Gasteiger partial charge in [-0.3, -0.25) is 9.59 Å². The largest absolute Gasteiger partial charge is 0.356 e. The van der Waals surface area contributed by atoms with Gasteiger partial charge < -0.3 is 10.6 Å². The van der Waals surface area contributed by atoms with Crippen LogP contribution in [0.1, 0.15) is 68.8 Å². The molecule has 0 atom stereocenters. The van der Waals surface area contributed by atoms with E-state index in [2.05, 4.69) is 24.5 Å². The van der Waals surface area contributed by atoms with Crippen molar-refractivity contribution in [2.24, 2.45) is 5.92 Å². The van der Waals surface area contributed by atoms with Crippen LogP contribution in [0.15, 0.2) is 24.3 Å². The summed E-state index contributed by atoms with van der Waals surface area (Å²) in [4.78, 5) is 23.1. The number of rotatable bonds is 11. The minimum absolute atomic E-state index is 0.00121. The number of amides is 2. The van der Waals surface area contributed by atoms with Crippen LogP contribution in [-0.2, 0) is 11.2 Å². The third kappa shape index (κ3) is 8.70. The molecule has 0 heterocycles. The highest BCUT2D eigenvalue weighted by atomic mass is 16.2. The number of hydrogen-bond acceptors (Lipinski definition) is 2. The van der Waals surface area contributed by atoms with Crippen molar-refractivity contribution in [1.82, 2.24) is 10.6 Å². The third-order valence-corrected chi connectivity index (χ3v) is 3.89. The van der Waals surface area contributed by atoms with Gasteiger partial charge in [-0.1, -0.05) is 45.7 Å². The molecule has 4 nitrogen and oxygen atoms in total. The Morgan fingerprint density at radius 1 is 0.917 bits per heavy atom. The Balaban J connectivity index is 2.12. The SMILES string of the molecule is CCC(=O)NCCCCCCNC(=O)c1ccc(CC(C)C)cc1. The molecule has 2 N–H and O–H groups in total. The maximum Gasteiger partial charge on any atom is 0.251 e. The molecule has 0 spiro atoms. The average Bonchev–Trinajstić information content (AvgIpc) is 2.56. The van der Waals surface area contributed by atoms with Gasteiger partial charge in [0.05, 0.1) is 0 Å². The zero-order valence-corrected chi connectivity index (χ0v) is 15.4. The van der Waals surface area contributed by atoms with Crippen LogP contribution in [0.25, 0.3) is 0 Å². The van der Waals surface area contributed by atoms with Crippen LogP contribution >= 0.6 is 0 Å². The van der Waals surface area contributed by atoms with E-state index in [0.29, 0.717) is 18.9 Å². The Morgan fingerprint density at radius 2 is 1.50 bits per heavy atom. The van der Waals surface area contributed by atoms with E-state index in [1.807, 2.05) is 31.2 Å². The Kier molecular flexibility index (Phi) is 9.81. The molecule has 1 aromatic rings. The summed E-state index contributed by atoms with van der Waals surface area (Å²) in [5, 5.41) is 5.84. The number of benzene rings is 1. The van der Waals surface area contributed by atoms with E-state index >= 15 is 0 Å². The van der Waals surface area contributed by atoms with E-state index in [0.717, 1.165) is 44.2 Å². The van der Waals surface area contributed by atoms with Crippen molar-refractivity contribution >= 4 is 11.8 Å². The number of hydrogen-bond donors (Lipinski definition) is 2. The second-order valence-corrected chi connectivity index (χ2v) is 6.67. The van der Waals surface area contributed by atoms with Crippen molar-refractivity contribution in [1.29, 1.82) is 0 Å². The van der Waals surface area contributed by atoms with Gasteiger partial charge in [-0.2, -0.15) is 0 Å². The second kappa shape index (κ2) is 11.7. The summed E-state index contributed by atoms with van der Waals surface area (Å²) >= 11 is 0. The van der Waals surface area contributed by atoms with Gasteiger partial charge in [0.25, 0.3) is 5.91 Å². The van der Waals surface area contributed by atoms with Crippen molar-refractivity contribution in [2.45, 2.75) is 59.3 Å². The molecule has 0 bridgehead atoms. The summed E-state index contributed by atoms with van der Waals surface area (Å²) in [6, 6.07) is 7.89. The zero-order valence-electron chi connectivity index (χ0n) is 15.4. The van der Waals surface area contributed by atoms with Crippen molar-refractivity contribution < 1.29 is 9.59 Å². The first-order valence-corrected chi connectivity index (χ1v) is 9.16. The molecule has 0 aromatic heterocycles. The van der Waals surface area contributed by atoms with Gasteiger partial charge in [-0.25, -0.2) is 0 Å². The minimum Gasteiger partial charge on any atom is -0.356 e. The summed E-state index contributed by atoms with van der Waals surface area (Å²) in [5.74, 6) is 0.739. The molecule has 0 fully saturated rings. The molecule has 4 heteroatoms. The molecule has 0 aliphatic rings. The van der Waals surface area contributed by atoms with Crippen LogP contribution in [0.2, 0.25) is 0 Å². The molecule has 134 valence electrons. The first-order valence-electron chi connectivity index (χ1n) is 9.16. The molecule has 0 aliphatic heterocycles. The summed E-state index contributed by atoms with van der Waals surface area (Å²) in [5.41, 5.74) is 2.00. The summed E-state index contributed by atoms with van der Waals surface area (Å²) in [7, 11) is 0. The molecule has 1 rings (SSSR count). The van der Waals surface area contributed by atoms with Crippen LogP contribution in [0.5, 0.6) is 0 Å². The van der Waals surface area contributed by atoms with Crippen LogP contribution < -0.4 is 10.6 Å². The lowest BCUT2D eigenvalue weighted by Crippen LogP contribution is -2.24. The highest BCUT2D eigenvalue weighted by Gasteiger charge is 2.05. The van der Waals surface area contributed by atoms with E-state index in [1.54, 1.807) is 0 Å². The lowest BCUT2D eigenvalue weighted by atomic mass is 10.0. The van der Waals surface area contributed by atoms with Crippen molar-refractivity contribution in [3.63, 3.8) is 0 Å². The number of carbonyl (C=O) groups is 2. The Morgan fingerprint density at radius 3 is 2.04 bits per heavy atom. The minimum atomic E-state index is 0.00121. The molecule has 0 aliphatic carbocycles. The van der Waals surface area contributed by atoms with Gasteiger partial charge in [-0.05, 0) is 42.9 Å². The predicted octanol–water partition coefficient (Wildman–Crippen LogP) is 3.70. The second-order valence-electron chi connectivity index (χ2n) is 6.67. The normalized spacial score (nSPS) is 10.7. The fourth-order valence-corrected chi connectivity index (χ4v) is 2.52. The molecule has 1 aromatic carbocycles. The predicted molar refractivity (Wildman–Crippen MR) is 99.1 cm³/mol. The number of carbonyl (C=O) groups excluding carboxylic acids is 2. The molecule has 2 amide bonds. The summed E-state index contributed by atoms with van der Waals surface area (Å²) < 4.78 is 0. The highest BCUT2D eigenvalue weighted by Crippen LogP contribution is 2.10. The van der Waals surface area contributed by atoms with Gasteiger partial charge in [-0.15, -0.1) is 0 Å². The van der Waals surface area contributed by atoms with Crippen molar-refractivity contribution in [3.05, 3.63) is 35.4 Å². The van der Waals surface area contributed by atoms with Gasteiger partial charge in [0, 0.05) is 25.1 Å². The standard InChI is InChI=1S/C20H32N2O2/c1-4-19(23)21-13-7-5-6-8-14-22-20(24)18-11-9-17(10-12-18)15-16(2)3/h9-12,16H,4-8,13-15H2,1-3H3,(H,21,23)(H,22,24). The van der Waals surface area contributed by atoms with E-state index in [4.69, 9.17) is 0 Å². The average molecular weight is 332 g/mol. The molecule has 24 heavy (non-hydrogen) atoms. The van der Waals surface area contributed by atoms with Gasteiger partial charge in [0.15, 0.2) is 0 Å². The Bertz CT molecular complexity index is 495. The summed E-state index contributed by atoms with van der Waals surface area (Å²) in [6.45, 7) is 7.70. The Labute approximate surface area is 146 Å². The van der Waals surface area contributed by atoms with Crippen LogP contribution in [0.4, 0.5) is 0 Å². The first-order chi connectivity index (χ1) is 11.5. The fourth-order valence-electron chi connectivity index (χ4n) is 2.52. The van der Waals surface area contributed by atoms with Crippen LogP contribution in [-0.4, -0.2) is 24.9 Å². The lowest BCUT2D eigenvalue weighted by molar-refractivity contribution is -0.120. The Hall–Kier alpha value is -1.84. The maximum atomic E-state index is 12.1. The monoisotopic (exact) mass is 332 g/mol.